The van der Waals surface area contributed by atoms with Gasteiger partial charge in [0.05, 0.1) is 10.4 Å². The zero-order valence-electron chi connectivity index (χ0n) is 9.49. The first-order chi connectivity index (χ1) is 7.34. The molecule has 1 aromatic rings. The number of rotatable bonds is 3. The molecule has 1 unspecified atom stereocenters. The van der Waals surface area contributed by atoms with Crippen LogP contribution in [0.1, 0.15) is 30.9 Å². The van der Waals surface area contributed by atoms with Gasteiger partial charge in [-0.05, 0) is 52.0 Å². The van der Waals surface area contributed by atoms with Gasteiger partial charge in [0, 0.05) is 0 Å². The molecule has 3 nitrogen and oxygen atoms in total. The van der Waals surface area contributed by atoms with Gasteiger partial charge in [0.25, 0.3) is 0 Å². The van der Waals surface area contributed by atoms with Crippen molar-refractivity contribution in [3.05, 3.63) is 27.7 Å². The van der Waals surface area contributed by atoms with E-state index in [0.717, 1.165) is 5.56 Å². The lowest BCUT2D eigenvalue weighted by molar-refractivity contribution is -0.139. The van der Waals surface area contributed by atoms with E-state index in [-0.39, 0.29) is 11.7 Å². The minimum absolute atomic E-state index is 0.0169. The Morgan fingerprint density at radius 2 is 1.94 bits per heavy atom. The molecule has 0 aromatic heterocycles. The number of aryl methyl sites for hydroxylation is 1. The minimum atomic E-state index is -0.861. The number of benzene rings is 1. The number of hydrogen-bond acceptors (Lipinski definition) is 2. The number of hydrogen-bond donors (Lipinski definition) is 2. The van der Waals surface area contributed by atoms with Gasteiger partial charge in [0.2, 0.25) is 0 Å². The van der Waals surface area contributed by atoms with Crippen molar-refractivity contribution in [2.75, 3.05) is 0 Å². The van der Waals surface area contributed by atoms with Crippen molar-refractivity contribution in [3.8, 4) is 5.75 Å². The molecule has 16 heavy (non-hydrogen) atoms. The van der Waals surface area contributed by atoms with Crippen LogP contribution in [0.25, 0.3) is 0 Å². The average molecular weight is 287 g/mol. The fourth-order valence-corrected chi connectivity index (χ4v) is 2.25. The Hall–Kier alpha value is -1.03. The highest BCUT2D eigenvalue weighted by Gasteiger charge is 2.25. The van der Waals surface area contributed by atoms with E-state index in [0.29, 0.717) is 10.0 Å². The molecule has 0 radical (unpaired) electrons. The molecule has 0 amide bonds. The van der Waals surface area contributed by atoms with E-state index in [1.807, 2.05) is 20.8 Å². The molecular weight excluding hydrogens is 272 g/mol. The van der Waals surface area contributed by atoms with Crippen molar-refractivity contribution in [1.82, 2.24) is 0 Å². The van der Waals surface area contributed by atoms with E-state index in [9.17, 15) is 15.0 Å². The van der Waals surface area contributed by atoms with Crippen LogP contribution in [0.4, 0.5) is 0 Å². The number of aliphatic carboxylic acids is 1. The van der Waals surface area contributed by atoms with Crippen LogP contribution >= 0.6 is 15.9 Å². The summed E-state index contributed by atoms with van der Waals surface area (Å²) in [5, 5.41) is 18.8. The fraction of sp³-hybridized carbons (Fsp3) is 0.417. The molecular formula is C12H15BrO3. The van der Waals surface area contributed by atoms with Crippen LogP contribution < -0.4 is 0 Å². The maximum atomic E-state index is 11.2. The van der Waals surface area contributed by atoms with E-state index in [2.05, 4.69) is 15.9 Å². The first-order valence-electron chi connectivity index (χ1n) is 5.06. The largest absolute Gasteiger partial charge is 0.507 e. The van der Waals surface area contributed by atoms with E-state index < -0.39 is 11.9 Å². The topological polar surface area (TPSA) is 57.5 Å². The molecule has 0 aliphatic carbocycles. The molecule has 0 fully saturated rings. The molecule has 0 spiro atoms. The maximum absolute atomic E-state index is 11.2. The van der Waals surface area contributed by atoms with Crippen LogP contribution in [-0.2, 0) is 4.79 Å². The van der Waals surface area contributed by atoms with Gasteiger partial charge < -0.3 is 10.2 Å². The number of carboxylic acids is 1. The molecule has 4 heteroatoms. The summed E-state index contributed by atoms with van der Waals surface area (Å²) in [6.45, 7) is 5.56. The predicted molar refractivity (Wildman–Crippen MR) is 65.8 cm³/mol. The second-order valence-electron chi connectivity index (χ2n) is 4.22. The normalized spacial score (nSPS) is 12.8. The van der Waals surface area contributed by atoms with E-state index in [1.54, 1.807) is 6.07 Å². The summed E-state index contributed by atoms with van der Waals surface area (Å²) in [5.41, 5.74) is 1.54. The van der Waals surface area contributed by atoms with Crippen molar-refractivity contribution in [1.29, 1.82) is 0 Å². The highest BCUT2D eigenvalue weighted by Crippen LogP contribution is 2.34. The van der Waals surface area contributed by atoms with E-state index in [1.165, 1.54) is 6.07 Å². The summed E-state index contributed by atoms with van der Waals surface area (Å²) in [6.07, 6.45) is 0. The lowest BCUT2D eigenvalue weighted by Gasteiger charge is -2.19. The second kappa shape index (κ2) is 4.87. The second-order valence-corrected chi connectivity index (χ2v) is 5.07. The van der Waals surface area contributed by atoms with Crippen LogP contribution in [0.15, 0.2) is 16.6 Å². The number of aromatic hydroxyl groups is 1. The molecule has 0 aliphatic heterocycles. The Bertz CT molecular complexity index is 413. The number of halogens is 1. The van der Waals surface area contributed by atoms with Gasteiger partial charge in [-0.1, -0.05) is 13.8 Å². The maximum Gasteiger partial charge on any atom is 0.311 e. The van der Waals surface area contributed by atoms with Crippen LogP contribution in [-0.4, -0.2) is 16.2 Å². The molecule has 0 saturated carbocycles. The van der Waals surface area contributed by atoms with Gasteiger partial charge in [0.15, 0.2) is 0 Å². The standard InChI is InChI=1S/C12H15BrO3/c1-6(2)11(12(15)16)8-5-10(14)9(13)4-7(8)3/h4-6,11,14H,1-3H3,(H,15,16). The summed E-state index contributed by atoms with van der Waals surface area (Å²) in [7, 11) is 0. The van der Waals surface area contributed by atoms with Gasteiger partial charge >= 0.3 is 5.97 Å². The third-order valence-corrected chi connectivity index (χ3v) is 3.24. The number of phenolic OH excluding ortho intramolecular Hbond substituents is 1. The fourth-order valence-electron chi connectivity index (χ4n) is 1.79. The number of phenols is 1. The van der Waals surface area contributed by atoms with Crippen LogP contribution in [0.2, 0.25) is 0 Å². The SMILES string of the molecule is Cc1cc(Br)c(O)cc1C(C(=O)O)C(C)C. The summed E-state index contributed by atoms with van der Waals surface area (Å²) < 4.78 is 0.585. The highest BCUT2D eigenvalue weighted by atomic mass is 79.9. The molecule has 88 valence electrons. The summed E-state index contributed by atoms with van der Waals surface area (Å²) in [6, 6.07) is 3.27. The molecule has 1 aromatic carbocycles. The zero-order valence-corrected chi connectivity index (χ0v) is 11.1. The number of carbonyl (C=O) groups is 1. The predicted octanol–water partition coefficient (Wildman–Crippen LogP) is 3.29. The summed E-state index contributed by atoms with van der Waals surface area (Å²) in [5.74, 6) is -1.39. The number of carboxylic acid groups (broad SMARTS) is 1. The Morgan fingerprint density at radius 3 is 2.38 bits per heavy atom. The van der Waals surface area contributed by atoms with Gasteiger partial charge in [-0.2, -0.15) is 0 Å². The average Bonchev–Trinajstić information content (AvgIpc) is 2.12. The van der Waals surface area contributed by atoms with Crippen LogP contribution in [0.3, 0.4) is 0 Å². The molecule has 0 heterocycles. The molecule has 1 atom stereocenters. The third kappa shape index (κ3) is 2.55. The quantitative estimate of drug-likeness (QED) is 0.896. The van der Waals surface area contributed by atoms with Crippen molar-refractivity contribution in [3.63, 3.8) is 0 Å². The molecule has 0 aliphatic rings. The van der Waals surface area contributed by atoms with Gasteiger partial charge in [0.1, 0.15) is 5.75 Å². The highest BCUT2D eigenvalue weighted by molar-refractivity contribution is 9.10. The summed E-state index contributed by atoms with van der Waals surface area (Å²) in [4.78, 5) is 11.2. The van der Waals surface area contributed by atoms with Gasteiger partial charge in [-0.3, -0.25) is 4.79 Å². The smallest absolute Gasteiger partial charge is 0.311 e. The van der Waals surface area contributed by atoms with E-state index >= 15 is 0 Å². The Kier molecular flexibility index (Phi) is 3.97. The van der Waals surface area contributed by atoms with Gasteiger partial charge in [-0.15, -0.1) is 0 Å². The van der Waals surface area contributed by atoms with Crippen molar-refractivity contribution < 1.29 is 15.0 Å². The van der Waals surface area contributed by atoms with Crippen LogP contribution in [0.5, 0.6) is 5.75 Å². The van der Waals surface area contributed by atoms with Crippen LogP contribution in [0, 0.1) is 12.8 Å². The van der Waals surface area contributed by atoms with Crippen molar-refractivity contribution in [2.45, 2.75) is 26.7 Å². The first kappa shape index (κ1) is 13.0. The molecule has 2 N–H and O–H groups in total. The lowest BCUT2D eigenvalue weighted by Crippen LogP contribution is -2.18. The summed E-state index contributed by atoms with van der Waals surface area (Å²) >= 11 is 3.21. The third-order valence-electron chi connectivity index (χ3n) is 2.60. The Labute approximate surface area is 103 Å². The molecule has 1 rings (SSSR count). The zero-order chi connectivity index (χ0) is 12.5. The minimum Gasteiger partial charge on any atom is -0.507 e. The lowest BCUT2D eigenvalue weighted by atomic mass is 9.86. The monoisotopic (exact) mass is 286 g/mol. The molecule has 0 bridgehead atoms. The van der Waals surface area contributed by atoms with E-state index in [4.69, 9.17) is 0 Å². The molecule has 0 saturated heterocycles. The van der Waals surface area contributed by atoms with Gasteiger partial charge in [-0.25, -0.2) is 0 Å². The van der Waals surface area contributed by atoms with Crippen molar-refractivity contribution in [2.24, 2.45) is 5.92 Å². The van der Waals surface area contributed by atoms with Crippen molar-refractivity contribution >= 4 is 21.9 Å². The Balaban J connectivity index is 3.30. The Morgan fingerprint density at radius 1 is 1.38 bits per heavy atom. The first-order valence-corrected chi connectivity index (χ1v) is 5.85.